The number of nitrogens with zero attached hydrogens (tertiary/aromatic N) is 2. The number of ether oxygens (including phenoxy) is 1. The van der Waals surface area contributed by atoms with E-state index in [9.17, 15) is 10.1 Å². The van der Waals surface area contributed by atoms with Crippen LogP contribution in [0, 0.1) is 10.1 Å². The predicted molar refractivity (Wildman–Crippen MR) is 66.9 cm³/mol. The molecule has 1 unspecified atom stereocenters. The fraction of sp³-hybridized carbons (Fsp3) is 0.500. The molecule has 0 amide bonds. The van der Waals surface area contributed by atoms with Gasteiger partial charge in [-0.1, -0.05) is 11.6 Å². The lowest BCUT2D eigenvalue weighted by molar-refractivity contribution is -0.384. The number of aliphatic hydroxyl groups is 1. The largest absolute Gasteiger partial charge is 0.396 e. The number of aliphatic hydroxyl groups excluding tert-OH is 1. The summed E-state index contributed by atoms with van der Waals surface area (Å²) >= 11 is 5.70. The van der Waals surface area contributed by atoms with E-state index in [-0.39, 0.29) is 29.3 Å². The number of aromatic nitrogens is 1. The Labute approximate surface area is 109 Å². The number of hydrogen-bond acceptors (Lipinski definition) is 6. The van der Waals surface area contributed by atoms with Crippen LogP contribution < -0.4 is 5.32 Å². The summed E-state index contributed by atoms with van der Waals surface area (Å²) in [5.41, 5.74) is -0.141. The maximum atomic E-state index is 10.7. The topological polar surface area (TPSA) is 97.5 Å². The second kappa shape index (κ2) is 7.10. The molecule has 100 valence electrons. The first kappa shape index (κ1) is 14.6. The second-order valence-electron chi connectivity index (χ2n) is 3.60. The van der Waals surface area contributed by atoms with Crippen LogP contribution in [0.1, 0.15) is 6.42 Å². The Bertz CT molecular complexity index is 410. The summed E-state index contributed by atoms with van der Waals surface area (Å²) in [6.07, 6.45) is 0.440. The van der Waals surface area contributed by atoms with Gasteiger partial charge in [0.15, 0.2) is 0 Å². The molecule has 1 heterocycles. The lowest BCUT2D eigenvalue weighted by Gasteiger charge is -2.17. The Morgan fingerprint density at radius 1 is 1.67 bits per heavy atom. The molecule has 0 aliphatic carbocycles. The molecule has 0 aliphatic rings. The molecule has 1 aromatic heterocycles. The maximum absolute atomic E-state index is 10.7. The van der Waals surface area contributed by atoms with Crippen LogP contribution in [0.4, 0.5) is 11.5 Å². The van der Waals surface area contributed by atoms with Crippen LogP contribution in [0.5, 0.6) is 0 Å². The first-order valence-electron chi connectivity index (χ1n) is 5.25. The Morgan fingerprint density at radius 3 is 2.94 bits per heavy atom. The van der Waals surface area contributed by atoms with Gasteiger partial charge < -0.3 is 15.2 Å². The number of pyridine rings is 1. The summed E-state index contributed by atoms with van der Waals surface area (Å²) in [6.45, 7) is 0.326. The number of nitrogens with one attached hydrogen (secondary N) is 1. The van der Waals surface area contributed by atoms with Crippen molar-refractivity contribution >= 4 is 23.1 Å². The van der Waals surface area contributed by atoms with Crippen LogP contribution in [0.15, 0.2) is 12.1 Å². The molecule has 0 saturated heterocycles. The molecule has 1 aromatic rings. The van der Waals surface area contributed by atoms with E-state index in [2.05, 4.69) is 10.3 Å². The molecular formula is C10H14ClN3O4. The zero-order chi connectivity index (χ0) is 13.5. The van der Waals surface area contributed by atoms with Crippen molar-refractivity contribution in [1.82, 2.24) is 4.98 Å². The molecule has 0 saturated carbocycles. The smallest absolute Gasteiger partial charge is 0.276 e. The van der Waals surface area contributed by atoms with Gasteiger partial charge in [0.05, 0.1) is 29.7 Å². The van der Waals surface area contributed by atoms with Gasteiger partial charge in [-0.15, -0.1) is 0 Å². The summed E-state index contributed by atoms with van der Waals surface area (Å²) in [5, 5.41) is 22.5. The normalized spacial score (nSPS) is 12.2. The molecule has 8 heteroatoms. The van der Waals surface area contributed by atoms with E-state index < -0.39 is 4.92 Å². The lowest BCUT2D eigenvalue weighted by Crippen LogP contribution is -2.26. The van der Waals surface area contributed by atoms with Gasteiger partial charge in [-0.2, -0.15) is 0 Å². The molecule has 0 fully saturated rings. The van der Waals surface area contributed by atoms with E-state index in [1.807, 2.05) is 0 Å². The van der Waals surface area contributed by atoms with Crippen LogP contribution in [-0.4, -0.2) is 41.4 Å². The summed E-state index contributed by atoms with van der Waals surface area (Å²) in [5.74, 6) is 0.282. The summed E-state index contributed by atoms with van der Waals surface area (Å²) < 4.78 is 4.97. The fourth-order valence-corrected chi connectivity index (χ4v) is 1.63. The molecule has 2 N–H and O–H groups in total. The van der Waals surface area contributed by atoms with E-state index in [1.54, 1.807) is 0 Å². The third-order valence-corrected chi connectivity index (χ3v) is 2.38. The Morgan fingerprint density at radius 2 is 2.39 bits per heavy atom. The van der Waals surface area contributed by atoms with Gasteiger partial charge in [0, 0.05) is 13.7 Å². The van der Waals surface area contributed by atoms with Crippen LogP contribution >= 0.6 is 11.6 Å². The van der Waals surface area contributed by atoms with Crippen molar-refractivity contribution in [2.45, 2.75) is 12.5 Å². The van der Waals surface area contributed by atoms with Crippen molar-refractivity contribution in [2.24, 2.45) is 0 Å². The van der Waals surface area contributed by atoms with Crippen molar-refractivity contribution < 1.29 is 14.8 Å². The van der Waals surface area contributed by atoms with E-state index in [4.69, 9.17) is 21.4 Å². The molecule has 7 nitrogen and oxygen atoms in total. The average molecular weight is 276 g/mol. The Balaban J connectivity index is 2.84. The third-order valence-electron chi connectivity index (χ3n) is 2.19. The third kappa shape index (κ3) is 4.44. The summed E-state index contributed by atoms with van der Waals surface area (Å²) in [4.78, 5) is 14.1. The standard InChI is InChI=1S/C10H14ClN3O4/c1-18-6-7(2-3-15)12-10-5-8(14(16)17)4-9(11)13-10/h4-5,7,15H,2-3,6H2,1H3,(H,12,13). The minimum Gasteiger partial charge on any atom is -0.396 e. The van der Waals surface area contributed by atoms with Crippen molar-refractivity contribution in [3.8, 4) is 0 Å². The van der Waals surface area contributed by atoms with Gasteiger partial charge in [0.2, 0.25) is 0 Å². The molecule has 1 atom stereocenters. The average Bonchev–Trinajstić information content (AvgIpc) is 2.28. The first-order valence-corrected chi connectivity index (χ1v) is 5.63. The number of rotatable bonds is 7. The first-order chi connectivity index (χ1) is 8.56. The predicted octanol–water partition coefficient (Wildman–Crippen LogP) is 1.45. The molecule has 0 aromatic carbocycles. The zero-order valence-corrected chi connectivity index (χ0v) is 10.6. The molecule has 0 spiro atoms. The molecule has 18 heavy (non-hydrogen) atoms. The van der Waals surface area contributed by atoms with Crippen LogP contribution in [0.2, 0.25) is 5.15 Å². The molecule has 0 aliphatic heterocycles. The number of anilines is 1. The monoisotopic (exact) mass is 275 g/mol. The lowest BCUT2D eigenvalue weighted by atomic mass is 10.2. The van der Waals surface area contributed by atoms with Gasteiger partial charge in [0.25, 0.3) is 5.69 Å². The minimum absolute atomic E-state index is 0.0241. The molecule has 0 bridgehead atoms. The van der Waals surface area contributed by atoms with Crippen LogP contribution in [0.25, 0.3) is 0 Å². The van der Waals surface area contributed by atoms with Gasteiger partial charge in [-0.3, -0.25) is 10.1 Å². The molecule has 0 radical (unpaired) electrons. The summed E-state index contributed by atoms with van der Waals surface area (Å²) in [6, 6.07) is 2.27. The van der Waals surface area contributed by atoms with Gasteiger partial charge in [0.1, 0.15) is 11.0 Å². The van der Waals surface area contributed by atoms with E-state index >= 15 is 0 Å². The zero-order valence-electron chi connectivity index (χ0n) is 9.80. The van der Waals surface area contributed by atoms with Crippen LogP contribution in [-0.2, 0) is 4.74 Å². The van der Waals surface area contributed by atoms with Gasteiger partial charge in [-0.25, -0.2) is 4.98 Å². The SMILES string of the molecule is COCC(CCO)Nc1cc([N+](=O)[O-])cc(Cl)n1. The highest BCUT2D eigenvalue weighted by Gasteiger charge is 2.13. The highest BCUT2D eigenvalue weighted by atomic mass is 35.5. The highest BCUT2D eigenvalue weighted by Crippen LogP contribution is 2.21. The number of nitro groups is 1. The van der Waals surface area contributed by atoms with E-state index in [0.717, 1.165) is 0 Å². The fourth-order valence-electron chi connectivity index (χ4n) is 1.43. The quantitative estimate of drug-likeness (QED) is 0.444. The molecule has 1 rings (SSSR count). The van der Waals surface area contributed by atoms with Crippen LogP contribution in [0.3, 0.4) is 0 Å². The van der Waals surface area contributed by atoms with E-state index in [1.165, 1.54) is 19.2 Å². The molecular weight excluding hydrogens is 262 g/mol. The van der Waals surface area contributed by atoms with Crippen molar-refractivity contribution in [3.63, 3.8) is 0 Å². The minimum atomic E-state index is -0.546. The van der Waals surface area contributed by atoms with Crippen molar-refractivity contribution in [1.29, 1.82) is 0 Å². The van der Waals surface area contributed by atoms with E-state index in [0.29, 0.717) is 13.0 Å². The van der Waals surface area contributed by atoms with Crippen molar-refractivity contribution in [3.05, 3.63) is 27.4 Å². The highest BCUT2D eigenvalue weighted by molar-refractivity contribution is 6.29. The van der Waals surface area contributed by atoms with Crippen molar-refractivity contribution in [2.75, 3.05) is 25.6 Å². The maximum Gasteiger partial charge on any atom is 0.276 e. The second-order valence-corrected chi connectivity index (χ2v) is 3.99. The Hall–Kier alpha value is -1.44. The number of halogens is 1. The summed E-state index contributed by atoms with van der Waals surface area (Å²) in [7, 11) is 1.53. The van der Waals surface area contributed by atoms with Gasteiger partial charge in [-0.05, 0) is 6.42 Å². The van der Waals surface area contributed by atoms with Gasteiger partial charge >= 0.3 is 0 Å². The number of methoxy groups -OCH3 is 1. The Kier molecular flexibility index (Phi) is 5.76. The number of hydrogen-bond donors (Lipinski definition) is 2.